The third-order valence-corrected chi connectivity index (χ3v) is 20.9. The third kappa shape index (κ3) is 37.9. The number of nitrogens with zero attached hydrogens (tertiary/aromatic N) is 13. The molecule has 1 aliphatic rings. The van der Waals surface area contributed by atoms with Gasteiger partial charge < -0.3 is 108 Å². The summed E-state index contributed by atoms with van der Waals surface area (Å²) in [5.41, 5.74) is 25.4. The molecule has 1 unspecified atom stereocenters. The van der Waals surface area contributed by atoms with Crippen LogP contribution in [0.4, 0.5) is 39.8 Å². The summed E-state index contributed by atoms with van der Waals surface area (Å²) >= 11 is 44.9. The number of amidine groups is 1. The first kappa shape index (κ1) is 125. The Balaban J connectivity index is 0.000000783. The monoisotopic (exact) mass is 2350 g/mol. The number of aromatic hydroxyl groups is 1. The van der Waals surface area contributed by atoms with Crippen LogP contribution in [-0.2, 0) is 15.2 Å². The first-order valence-electron chi connectivity index (χ1n) is 36.9. The van der Waals surface area contributed by atoms with Gasteiger partial charge in [0.25, 0.3) is 17.3 Å². The Morgan fingerprint density at radius 3 is 1.24 bits per heavy atom. The number of aromatic nitrogens is 8. The number of ketones is 2. The van der Waals surface area contributed by atoms with Crippen LogP contribution in [-0.4, -0.2) is 194 Å². The van der Waals surface area contributed by atoms with Crippen molar-refractivity contribution in [2.75, 3.05) is 122 Å². The molecular weight excluding hydrogens is 2280 g/mol. The minimum atomic E-state index is -1.67. The molecule has 8 aromatic heterocycles. The molecular formula is C85H82Br5Cl5KN18NaO23. The van der Waals surface area contributed by atoms with Gasteiger partial charge in [0.15, 0.2) is 5.60 Å². The molecule has 12 aromatic rings. The van der Waals surface area contributed by atoms with Crippen molar-refractivity contribution in [3.63, 3.8) is 0 Å². The van der Waals surface area contributed by atoms with Crippen molar-refractivity contribution in [1.82, 2.24) is 44.9 Å². The number of pyridine rings is 8. The summed E-state index contributed by atoms with van der Waals surface area (Å²) in [4.78, 5) is 107. The van der Waals surface area contributed by atoms with Crippen LogP contribution >= 0.6 is 138 Å². The number of fused-ring (bicyclic) bond motifs is 1. The first-order valence-corrected chi connectivity index (χ1v) is 42.7. The summed E-state index contributed by atoms with van der Waals surface area (Å²) in [7, 11) is 20.1. The van der Waals surface area contributed by atoms with Crippen molar-refractivity contribution in [1.29, 1.82) is 5.26 Å². The number of nitrogens with two attached hydrogens (primary N) is 4. The fraction of sp³-hybridized carbons (Fsp3) is 0.176. The van der Waals surface area contributed by atoms with Crippen LogP contribution in [0.25, 0.3) is 0 Å². The molecule has 1 atom stereocenters. The number of halogens is 10. The Bertz CT molecular complexity index is 6110. The number of nitrogen functional groups attached to an aromatic ring is 3. The fourth-order valence-electron chi connectivity index (χ4n) is 10.1. The molecule has 13 rings (SSSR count). The van der Waals surface area contributed by atoms with Gasteiger partial charge in [-0.15, -0.1) is 0 Å². The summed E-state index contributed by atoms with van der Waals surface area (Å²) in [5.74, 6) is 3.64. The number of nitro groups is 2. The minimum Gasteiger partial charge on any atom is -0.857 e. The van der Waals surface area contributed by atoms with Crippen LogP contribution < -0.4 is 166 Å². The van der Waals surface area contributed by atoms with Crippen molar-refractivity contribution in [2.45, 2.75) is 5.60 Å². The van der Waals surface area contributed by atoms with E-state index in [1.54, 1.807) is 113 Å². The molecule has 0 fully saturated rings. The predicted octanol–water partition coefficient (Wildman–Crippen LogP) is 10.8. The zero-order valence-corrected chi connectivity index (χ0v) is 92.4. The van der Waals surface area contributed by atoms with Crippen LogP contribution in [0.1, 0.15) is 53.3 Å². The number of benzene rings is 4. The number of nitrogens with one attached hydrogen (secondary N) is 1. The standard InChI is InChI=1S/C15H14ClN3O3.C15H13ClN2O4.C14H13ClN2O3.C9H11ClN2O2.C7H8BrNO2.C6H5BrN2O3.C6H7BrN2O.C6H6BrNO2.C5H2BrClN2O2.CN.CH3O.K.Na/c1-21-9-6-11(13(22-2)18-7-9)15(20)10-5-8(16)3-4-12(10)19-14(15)17;1-21-10-6-12(15(22-2)17-7-10)14(20)11-5-9(16)3-4-13(11)18-8-19;1-19-9-6-11(14(20-2)17-7-9)13(18)10-5-8(15)3-4-12(10)16;1-12(14-2)9(13)7-5-6(10)3-4-8(7)11;1-10-5-3-6(8)7(11-2)9-4-5;1-12-6-5(7)2-4(3-8-6)9(10)11;1-10-6-5(7)2-4(8)3-9-6;1-10-6-5(7)2-4(9)3-8-6;6-4-1-3(9(10)11)2-8-5(4)7;2*1-2;;/h3-7,20H,1-2H3,(H2,17,19);3-8H,1-2H3,(H,18,19);3-7H,16H2,1-2H3;3-5H,11H2,1-2H3;3-4H,1-2H3;2-3H,1H3;2-3H,8H2,1H3;2-3,9H,1H3;1-2H;;1H3;;/q;;;;;;;;;2*-1;2*+1. The van der Waals surface area contributed by atoms with E-state index in [9.17, 15) is 44.5 Å². The fourth-order valence-corrected chi connectivity index (χ4v) is 13.3. The van der Waals surface area contributed by atoms with Crippen LogP contribution in [0.15, 0.2) is 198 Å². The largest absolute Gasteiger partial charge is 1.00 e. The van der Waals surface area contributed by atoms with Crippen LogP contribution in [0.2, 0.25) is 25.2 Å². The Hall–Kier alpha value is -10.5. The molecule has 0 radical (unpaired) electrons. The van der Waals surface area contributed by atoms with Gasteiger partial charge >= 0.3 is 80.9 Å². The van der Waals surface area contributed by atoms with E-state index < -0.39 is 21.2 Å². The number of ether oxygens (including phenoxy) is 11. The van der Waals surface area contributed by atoms with Gasteiger partial charge in [0.2, 0.25) is 59.1 Å². The number of amides is 2. The molecule has 0 aliphatic carbocycles. The topological polar surface area (TPSA) is 587 Å². The average molecular weight is 2360 g/mol. The molecule has 0 bridgehead atoms. The second-order valence-electron chi connectivity index (χ2n) is 24.7. The minimum absolute atomic E-state index is 0. The first-order chi connectivity index (χ1) is 64.7. The van der Waals surface area contributed by atoms with Gasteiger partial charge in [0, 0.05) is 79.5 Å². The van der Waals surface area contributed by atoms with Crippen molar-refractivity contribution < 1.29 is 182 Å². The number of hydroxylamine groups is 2. The van der Waals surface area contributed by atoms with E-state index in [1.165, 1.54) is 138 Å². The van der Waals surface area contributed by atoms with Gasteiger partial charge in [-0.2, -0.15) is 7.11 Å². The molecule has 9 heterocycles. The maximum Gasteiger partial charge on any atom is 1.00 e. The Morgan fingerprint density at radius 2 is 0.812 bits per heavy atom. The summed E-state index contributed by atoms with van der Waals surface area (Å²) in [6, 6.07) is 31.4. The van der Waals surface area contributed by atoms with Gasteiger partial charge in [-0.1, -0.05) is 58.0 Å². The second-order valence-corrected chi connectivity index (χ2v) is 31.1. The molecule has 41 nitrogen and oxygen atoms in total. The number of carbonyl (C=O) groups excluding carboxylic acids is 4. The summed E-state index contributed by atoms with van der Waals surface area (Å²) in [6.07, 6.45) is 11.6. The SMILES string of the molecule is CON(C)C(=O)c1cc(Cl)ccc1N.COc1cnc(OC)c(Br)c1.COc1cnc(OC)c(C(=O)c2cc(Cl)ccc2N)c1.COc1cnc(OC)c(C(=O)c2cc(Cl)ccc2NC=O)c1.COc1cnc(OC)c(C2(O)C(N)=Nc3ccc(Cl)cc32)c1.COc1ncc(N)cc1Br.COc1ncc(O)cc1Br.COc1ncc([N+](=O)[O-])cc1Br.C[O-].O=[N+]([O-])c1cnc(Cl)c(Br)c1.[C-]#N.[K+].[Na+]. The molecule has 722 valence electrons. The Morgan fingerprint density at radius 1 is 0.449 bits per heavy atom. The molecule has 11 N–H and O–H groups in total. The number of aliphatic hydroxyl groups is 1. The zero-order chi connectivity index (χ0) is 102. The number of hydrogen-bond acceptors (Lipinski definition) is 37. The summed E-state index contributed by atoms with van der Waals surface area (Å²) < 4.78 is 58.3. The normalized spacial score (nSPS) is 10.9. The van der Waals surface area contributed by atoms with E-state index in [4.69, 9.17) is 160 Å². The smallest absolute Gasteiger partial charge is 0.857 e. The van der Waals surface area contributed by atoms with Crippen molar-refractivity contribution in [3.8, 4) is 69.9 Å². The van der Waals surface area contributed by atoms with Crippen LogP contribution in [0.3, 0.4) is 0 Å². The number of rotatable bonds is 22. The molecule has 1 aliphatic heterocycles. The van der Waals surface area contributed by atoms with E-state index in [0.717, 1.165) is 33.5 Å². The molecule has 0 saturated heterocycles. The van der Waals surface area contributed by atoms with Gasteiger partial charge in [-0.3, -0.25) is 44.2 Å². The second kappa shape index (κ2) is 64.7. The number of anilines is 4. The number of hydrogen-bond donors (Lipinski definition) is 7. The quantitative estimate of drug-likeness (QED) is 0.00484. The zero-order valence-electron chi connectivity index (χ0n) is 75.6. The predicted molar refractivity (Wildman–Crippen MR) is 524 cm³/mol. The van der Waals surface area contributed by atoms with E-state index in [2.05, 4.69) is 130 Å². The van der Waals surface area contributed by atoms with E-state index >= 15 is 0 Å². The van der Waals surface area contributed by atoms with Crippen molar-refractivity contribution in [3.05, 3.63) is 284 Å². The van der Waals surface area contributed by atoms with E-state index in [0.29, 0.717) is 137 Å². The Kier molecular flexibility index (Phi) is 58.8. The number of aliphatic imine (C=N–C) groups is 1. The summed E-state index contributed by atoms with van der Waals surface area (Å²) in [6.45, 7) is 4.75. The van der Waals surface area contributed by atoms with Gasteiger partial charge in [0.05, 0.1) is 194 Å². The molecule has 2 amide bonds. The van der Waals surface area contributed by atoms with Gasteiger partial charge in [-0.05, 0) is 177 Å². The van der Waals surface area contributed by atoms with E-state index in [1.807, 2.05) is 0 Å². The average Bonchev–Trinajstić information content (AvgIpc) is 1.56. The maximum atomic E-state index is 12.8. The molecule has 0 saturated carbocycles. The van der Waals surface area contributed by atoms with Gasteiger partial charge in [-0.25, -0.2) is 49.9 Å². The Labute approximate surface area is 921 Å². The van der Waals surface area contributed by atoms with Crippen LogP contribution in [0, 0.1) is 32.1 Å². The van der Waals surface area contributed by atoms with Gasteiger partial charge in [0.1, 0.15) is 52.1 Å². The van der Waals surface area contributed by atoms with E-state index in [-0.39, 0.29) is 155 Å². The number of methoxy groups -OCH3 is 11. The van der Waals surface area contributed by atoms with Crippen molar-refractivity contribution >= 4 is 207 Å². The molecule has 138 heavy (non-hydrogen) atoms. The van der Waals surface area contributed by atoms with Crippen LogP contribution in [0.5, 0.6) is 69.9 Å². The summed E-state index contributed by atoms with van der Waals surface area (Å²) in [5, 5.41) is 60.6. The van der Waals surface area contributed by atoms with Crippen molar-refractivity contribution in [2.24, 2.45) is 10.7 Å². The maximum absolute atomic E-state index is 12.8. The molecule has 0 spiro atoms. The molecule has 53 heteroatoms. The third-order valence-electron chi connectivity index (χ3n) is 16.5. The molecule has 4 aromatic carbocycles. The number of carbonyl (C=O) groups is 4.